The van der Waals surface area contributed by atoms with Gasteiger partial charge >= 0.3 is 17.9 Å². The third-order valence-electron chi connectivity index (χ3n) is 11.9. The Hall–Kier alpha value is -1.59. The van der Waals surface area contributed by atoms with Crippen LogP contribution in [-0.2, 0) is 28.6 Å². The maximum atomic E-state index is 12.8. The van der Waals surface area contributed by atoms with Gasteiger partial charge in [-0.2, -0.15) is 0 Å². The van der Waals surface area contributed by atoms with Crippen molar-refractivity contribution in [3.05, 3.63) is 0 Å². The minimum atomic E-state index is -0.759. The van der Waals surface area contributed by atoms with Gasteiger partial charge in [-0.3, -0.25) is 14.4 Å². The van der Waals surface area contributed by atoms with E-state index in [2.05, 4.69) is 27.7 Å². The van der Waals surface area contributed by atoms with Crippen molar-refractivity contribution in [2.45, 2.75) is 291 Å². The fourth-order valence-corrected chi connectivity index (χ4v) is 7.66. The van der Waals surface area contributed by atoms with Crippen molar-refractivity contribution in [1.82, 2.24) is 0 Å². The molecule has 57 heavy (non-hydrogen) atoms. The van der Waals surface area contributed by atoms with Crippen molar-refractivity contribution in [3.63, 3.8) is 0 Å². The molecule has 0 saturated carbocycles. The van der Waals surface area contributed by atoms with Gasteiger partial charge in [-0.15, -0.1) is 0 Å². The molecule has 0 amide bonds. The van der Waals surface area contributed by atoms with Crippen LogP contribution in [0.1, 0.15) is 285 Å². The van der Waals surface area contributed by atoms with Crippen molar-refractivity contribution in [3.8, 4) is 0 Å². The zero-order valence-electron chi connectivity index (χ0n) is 38.8. The second kappa shape index (κ2) is 45.5. The molecule has 0 saturated heterocycles. The van der Waals surface area contributed by atoms with Crippen molar-refractivity contribution in [1.29, 1.82) is 0 Å². The van der Waals surface area contributed by atoms with Gasteiger partial charge in [0.2, 0.25) is 0 Å². The summed E-state index contributed by atoms with van der Waals surface area (Å²) >= 11 is 0. The predicted octanol–water partition coefficient (Wildman–Crippen LogP) is 16.3. The third kappa shape index (κ3) is 43.8. The number of carbonyl (C=O) groups is 3. The molecule has 2 atom stereocenters. The Labute approximate surface area is 355 Å². The Morgan fingerprint density at radius 3 is 0.912 bits per heavy atom. The van der Waals surface area contributed by atoms with Crippen molar-refractivity contribution in [2.75, 3.05) is 13.2 Å². The number of hydrogen-bond donors (Lipinski definition) is 0. The van der Waals surface area contributed by atoms with Crippen LogP contribution in [0.15, 0.2) is 0 Å². The van der Waals surface area contributed by atoms with Crippen LogP contribution in [-0.4, -0.2) is 37.2 Å². The first kappa shape index (κ1) is 55.4. The van der Waals surface area contributed by atoms with Crippen LogP contribution in [0.3, 0.4) is 0 Å². The molecule has 6 nitrogen and oxygen atoms in total. The van der Waals surface area contributed by atoms with Gasteiger partial charge in [-0.05, 0) is 25.2 Å². The summed E-state index contributed by atoms with van der Waals surface area (Å²) in [5, 5.41) is 0. The average Bonchev–Trinajstić information content (AvgIpc) is 3.21. The highest BCUT2D eigenvalue weighted by atomic mass is 16.6. The average molecular weight is 807 g/mol. The molecule has 0 aromatic rings. The zero-order valence-corrected chi connectivity index (χ0v) is 38.8. The van der Waals surface area contributed by atoms with Gasteiger partial charge in [0.25, 0.3) is 0 Å². The monoisotopic (exact) mass is 807 g/mol. The summed E-state index contributed by atoms with van der Waals surface area (Å²) < 4.78 is 16.8. The summed E-state index contributed by atoms with van der Waals surface area (Å²) in [6.07, 6.45) is 46.5. The van der Waals surface area contributed by atoms with Gasteiger partial charge in [0.15, 0.2) is 6.10 Å². The molecule has 0 aromatic heterocycles. The van der Waals surface area contributed by atoms with E-state index >= 15 is 0 Å². The van der Waals surface area contributed by atoms with Crippen molar-refractivity contribution in [2.24, 2.45) is 5.92 Å². The standard InChI is InChI=1S/C51H98O6/c1-5-8-10-12-14-16-22-27-31-35-39-43-50(53)56-46-48(45-55-49(52)42-38-34-30-26-17-15-13-11-9-6-2)57-51(54)44-40-36-32-28-24-21-19-18-20-23-25-29-33-37-41-47(4)7-3/h47-48H,5-46H2,1-4H3/t47?,48-/m0/s1. The highest BCUT2D eigenvalue weighted by Crippen LogP contribution is 2.17. The lowest BCUT2D eigenvalue weighted by molar-refractivity contribution is -0.167. The minimum absolute atomic E-state index is 0.0630. The van der Waals surface area contributed by atoms with E-state index in [4.69, 9.17) is 14.2 Å². The van der Waals surface area contributed by atoms with E-state index in [0.29, 0.717) is 19.3 Å². The Balaban J connectivity index is 4.26. The summed E-state index contributed by atoms with van der Waals surface area (Å²) in [6.45, 7) is 9.05. The van der Waals surface area contributed by atoms with Gasteiger partial charge < -0.3 is 14.2 Å². The molecule has 0 aliphatic rings. The van der Waals surface area contributed by atoms with Gasteiger partial charge in [-0.25, -0.2) is 0 Å². The smallest absolute Gasteiger partial charge is 0.306 e. The van der Waals surface area contributed by atoms with Gasteiger partial charge in [0, 0.05) is 19.3 Å². The van der Waals surface area contributed by atoms with Crippen molar-refractivity contribution >= 4 is 17.9 Å². The van der Waals surface area contributed by atoms with Crippen molar-refractivity contribution < 1.29 is 28.6 Å². The van der Waals surface area contributed by atoms with Crippen LogP contribution in [0.5, 0.6) is 0 Å². The Morgan fingerprint density at radius 2 is 0.614 bits per heavy atom. The first-order valence-electron chi connectivity index (χ1n) is 25.4. The summed E-state index contributed by atoms with van der Waals surface area (Å²) in [6, 6.07) is 0. The van der Waals surface area contributed by atoms with Crippen LogP contribution in [0.4, 0.5) is 0 Å². The molecule has 0 radical (unpaired) electrons. The first-order valence-corrected chi connectivity index (χ1v) is 25.4. The molecule has 0 aliphatic heterocycles. The van der Waals surface area contributed by atoms with Gasteiger partial charge in [0.1, 0.15) is 13.2 Å². The van der Waals surface area contributed by atoms with Crippen LogP contribution in [0.2, 0.25) is 0 Å². The number of ether oxygens (including phenoxy) is 3. The normalized spacial score (nSPS) is 12.4. The largest absolute Gasteiger partial charge is 0.462 e. The fourth-order valence-electron chi connectivity index (χ4n) is 7.66. The van der Waals surface area contributed by atoms with E-state index in [1.165, 1.54) is 180 Å². The highest BCUT2D eigenvalue weighted by Gasteiger charge is 2.19. The van der Waals surface area contributed by atoms with Crippen LogP contribution in [0.25, 0.3) is 0 Å². The molecule has 0 aliphatic carbocycles. The molecule has 0 heterocycles. The molecule has 338 valence electrons. The molecule has 0 N–H and O–H groups in total. The van der Waals surface area contributed by atoms with E-state index in [9.17, 15) is 14.4 Å². The Morgan fingerprint density at radius 1 is 0.351 bits per heavy atom. The predicted molar refractivity (Wildman–Crippen MR) is 243 cm³/mol. The lowest BCUT2D eigenvalue weighted by atomic mass is 9.99. The minimum Gasteiger partial charge on any atom is -0.462 e. The third-order valence-corrected chi connectivity index (χ3v) is 11.9. The number of hydrogen-bond acceptors (Lipinski definition) is 6. The van der Waals surface area contributed by atoms with E-state index in [1.807, 2.05) is 0 Å². The number of unbranched alkanes of at least 4 members (excludes halogenated alkanes) is 32. The van der Waals surface area contributed by atoms with E-state index in [1.54, 1.807) is 0 Å². The number of rotatable bonds is 46. The van der Waals surface area contributed by atoms with Crippen LogP contribution < -0.4 is 0 Å². The Kier molecular flexibility index (Phi) is 44.2. The van der Waals surface area contributed by atoms with E-state index < -0.39 is 6.10 Å². The summed E-state index contributed by atoms with van der Waals surface area (Å²) in [5.41, 5.74) is 0. The van der Waals surface area contributed by atoms with Gasteiger partial charge in [-0.1, -0.05) is 246 Å². The molecular weight excluding hydrogens is 709 g/mol. The molecule has 0 fully saturated rings. The first-order chi connectivity index (χ1) is 27.9. The molecule has 0 bridgehead atoms. The fraction of sp³-hybridized carbons (Fsp3) is 0.941. The number of carbonyl (C=O) groups excluding carboxylic acids is 3. The quantitative estimate of drug-likeness (QED) is 0.0346. The lowest BCUT2D eigenvalue weighted by Crippen LogP contribution is -2.30. The lowest BCUT2D eigenvalue weighted by Gasteiger charge is -2.18. The highest BCUT2D eigenvalue weighted by molar-refractivity contribution is 5.71. The molecule has 1 unspecified atom stereocenters. The second-order valence-corrected chi connectivity index (χ2v) is 17.7. The maximum absolute atomic E-state index is 12.8. The molecule has 6 heteroatoms. The molecule has 0 aromatic carbocycles. The van der Waals surface area contributed by atoms with Crippen LogP contribution >= 0.6 is 0 Å². The summed E-state index contributed by atoms with van der Waals surface area (Å²) in [4.78, 5) is 37.8. The second-order valence-electron chi connectivity index (χ2n) is 17.7. The Bertz CT molecular complexity index is 859. The molecule has 0 rings (SSSR count). The molecule has 0 spiro atoms. The maximum Gasteiger partial charge on any atom is 0.306 e. The molecular formula is C51H98O6. The number of esters is 3. The summed E-state index contributed by atoms with van der Waals surface area (Å²) in [7, 11) is 0. The topological polar surface area (TPSA) is 78.9 Å². The zero-order chi connectivity index (χ0) is 41.7. The van der Waals surface area contributed by atoms with Gasteiger partial charge in [0.05, 0.1) is 0 Å². The van der Waals surface area contributed by atoms with E-state index in [-0.39, 0.29) is 31.1 Å². The SMILES string of the molecule is CCCCCCCCCCCCCC(=O)OC[C@H](COC(=O)CCCCCCCCCCCC)OC(=O)CCCCCCCCCCCCCCCCC(C)CC. The van der Waals surface area contributed by atoms with E-state index in [0.717, 1.165) is 63.7 Å². The van der Waals surface area contributed by atoms with Crippen LogP contribution in [0, 0.1) is 5.92 Å². The summed E-state index contributed by atoms with van der Waals surface area (Å²) in [5.74, 6) is 0.0466.